The molecule has 2 heterocycles. The summed E-state index contributed by atoms with van der Waals surface area (Å²) in [6.45, 7) is 1.25. The van der Waals surface area contributed by atoms with Gasteiger partial charge in [0.15, 0.2) is 0 Å². The summed E-state index contributed by atoms with van der Waals surface area (Å²) in [5, 5.41) is 3.98. The number of hydrogen-bond acceptors (Lipinski definition) is 3. The number of rotatable bonds is 1. The lowest BCUT2D eigenvalue weighted by atomic mass is 10.2. The van der Waals surface area contributed by atoms with Crippen molar-refractivity contribution < 1.29 is 14.4 Å². The third kappa shape index (κ3) is 1.65. The van der Waals surface area contributed by atoms with Crippen LogP contribution in [0, 0.1) is 0 Å². The van der Waals surface area contributed by atoms with E-state index in [0.717, 1.165) is 6.42 Å². The van der Waals surface area contributed by atoms with Gasteiger partial charge in [-0.25, -0.2) is 5.06 Å². The van der Waals surface area contributed by atoms with Gasteiger partial charge in [-0.1, -0.05) is 0 Å². The molecule has 0 aromatic carbocycles. The maximum absolute atomic E-state index is 11.6. The van der Waals surface area contributed by atoms with Gasteiger partial charge in [0.2, 0.25) is 5.91 Å². The van der Waals surface area contributed by atoms with Crippen molar-refractivity contribution in [1.82, 2.24) is 10.4 Å². The first-order valence-electron chi connectivity index (χ1n) is 4.51. The van der Waals surface area contributed by atoms with Crippen molar-refractivity contribution in [1.29, 1.82) is 0 Å². The SMILES string of the molecule is O=C1CC[C@@H](C(=O)N2CCCO2)N1. The molecule has 1 atom stereocenters. The van der Waals surface area contributed by atoms with Crippen LogP contribution in [0.3, 0.4) is 0 Å². The zero-order valence-electron chi connectivity index (χ0n) is 7.28. The molecule has 0 aliphatic carbocycles. The molecule has 0 saturated carbocycles. The van der Waals surface area contributed by atoms with Crippen LogP contribution in [0.5, 0.6) is 0 Å². The fourth-order valence-corrected chi connectivity index (χ4v) is 1.59. The normalized spacial score (nSPS) is 27.8. The number of amides is 2. The molecule has 2 fully saturated rings. The van der Waals surface area contributed by atoms with Crippen LogP contribution < -0.4 is 5.32 Å². The fourth-order valence-electron chi connectivity index (χ4n) is 1.59. The van der Waals surface area contributed by atoms with Crippen LogP contribution in [-0.4, -0.2) is 36.1 Å². The standard InChI is InChI=1S/C8H12N2O3/c11-7-3-2-6(9-7)8(12)10-4-1-5-13-10/h6H,1-5H2,(H,9,11)/t6-/m0/s1. The summed E-state index contributed by atoms with van der Waals surface area (Å²) in [4.78, 5) is 27.5. The Bertz CT molecular complexity index is 236. The molecule has 0 aromatic rings. The maximum Gasteiger partial charge on any atom is 0.268 e. The first kappa shape index (κ1) is 8.50. The molecule has 72 valence electrons. The summed E-state index contributed by atoms with van der Waals surface area (Å²) in [6.07, 6.45) is 1.92. The summed E-state index contributed by atoms with van der Waals surface area (Å²) in [5.74, 6) is -0.152. The second-order valence-electron chi connectivity index (χ2n) is 3.29. The van der Waals surface area contributed by atoms with E-state index >= 15 is 0 Å². The average Bonchev–Trinajstić information content (AvgIpc) is 2.72. The van der Waals surface area contributed by atoms with Crippen molar-refractivity contribution in [2.24, 2.45) is 0 Å². The number of hydroxylamine groups is 2. The maximum atomic E-state index is 11.6. The third-order valence-corrected chi connectivity index (χ3v) is 2.29. The van der Waals surface area contributed by atoms with Gasteiger partial charge in [0, 0.05) is 6.42 Å². The average molecular weight is 184 g/mol. The highest BCUT2D eigenvalue weighted by molar-refractivity contribution is 5.90. The topological polar surface area (TPSA) is 58.6 Å². The Hall–Kier alpha value is -1.10. The van der Waals surface area contributed by atoms with Gasteiger partial charge in [0.25, 0.3) is 5.91 Å². The van der Waals surface area contributed by atoms with E-state index in [4.69, 9.17) is 4.84 Å². The largest absolute Gasteiger partial charge is 0.344 e. The number of carbonyl (C=O) groups excluding carboxylic acids is 2. The zero-order chi connectivity index (χ0) is 9.26. The Balaban J connectivity index is 1.92. The first-order valence-corrected chi connectivity index (χ1v) is 4.51. The van der Waals surface area contributed by atoms with Crippen molar-refractivity contribution in [3.8, 4) is 0 Å². The number of nitrogens with one attached hydrogen (secondary N) is 1. The lowest BCUT2D eigenvalue weighted by Crippen LogP contribution is -2.42. The molecule has 0 bridgehead atoms. The Morgan fingerprint density at radius 2 is 2.46 bits per heavy atom. The summed E-state index contributed by atoms with van der Waals surface area (Å²) >= 11 is 0. The van der Waals surface area contributed by atoms with E-state index in [9.17, 15) is 9.59 Å². The van der Waals surface area contributed by atoms with Gasteiger partial charge in [-0.05, 0) is 12.8 Å². The quantitative estimate of drug-likeness (QED) is 0.593. The molecule has 2 saturated heterocycles. The van der Waals surface area contributed by atoms with Crippen LogP contribution in [0.1, 0.15) is 19.3 Å². The molecule has 2 amide bonds. The van der Waals surface area contributed by atoms with Gasteiger partial charge < -0.3 is 5.32 Å². The molecule has 0 unspecified atom stereocenters. The molecule has 0 spiro atoms. The lowest BCUT2D eigenvalue weighted by Gasteiger charge is -2.17. The summed E-state index contributed by atoms with van der Waals surface area (Å²) < 4.78 is 0. The minimum atomic E-state index is -0.356. The summed E-state index contributed by atoms with van der Waals surface area (Å²) in [5.41, 5.74) is 0. The van der Waals surface area contributed by atoms with E-state index < -0.39 is 0 Å². The molecule has 5 heteroatoms. The predicted octanol–water partition coefficient (Wildman–Crippen LogP) is -0.571. The van der Waals surface area contributed by atoms with Crippen molar-refractivity contribution in [3.05, 3.63) is 0 Å². The third-order valence-electron chi connectivity index (χ3n) is 2.29. The van der Waals surface area contributed by atoms with Crippen LogP contribution in [0.15, 0.2) is 0 Å². The lowest BCUT2D eigenvalue weighted by molar-refractivity contribution is -0.170. The fraction of sp³-hybridized carbons (Fsp3) is 0.750. The first-order chi connectivity index (χ1) is 6.27. The summed E-state index contributed by atoms with van der Waals surface area (Å²) in [7, 11) is 0. The highest BCUT2D eigenvalue weighted by atomic mass is 16.7. The van der Waals surface area contributed by atoms with E-state index in [1.165, 1.54) is 5.06 Å². The number of hydrogen-bond donors (Lipinski definition) is 1. The monoisotopic (exact) mass is 184 g/mol. The molecule has 5 nitrogen and oxygen atoms in total. The molecule has 2 aliphatic rings. The Morgan fingerprint density at radius 3 is 3.00 bits per heavy atom. The highest BCUT2D eigenvalue weighted by Gasteiger charge is 2.32. The summed E-state index contributed by atoms with van der Waals surface area (Å²) in [6, 6.07) is -0.356. The molecule has 13 heavy (non-hydrogen) atoms. The second-order valence-corrected chi connectivity index (χ2v) is 3.29. The van der Waals surface area contributed by atoms with Crippen molar-refractivity contribution in [3.63, 3.8) is 0 Å². The van der Waals surface area contributed by atoms with Gasteiger partial charge in [0.05, 0.1) is 13.2 Å². The van der Waals surface area contributed by atoms with E-state index in [1.807, 2.05) is 0 Å². The molecule has 0 aromatic heterocycles. The molecule has 2 aliphatic heterocycles. The minimum Gasteiger partial charge on any atom is -0.344 e. The predicted molar refractivity (Wildman–Crippen MR) is 43.4 cm³/mol. The second kappa shape index (κ2) is 3.33. The zero-order valence-corrected chi connectivity index (χ0v) is 7.28. The van der Waals surface area contributed by atoms with Crippen LogP contribution >= 0.6 is 0 Å². The van der Waals surface area contributed by atoms with Crippen molar-refractivity contribution in [2.75, 3.05) is 13.2 Å². The van der Waals surface area contributed by atoms with Crippen LogP contribution in [0.4, 0.5) is 0 Å². The van der Waals surface area contributed by atoms with E-state index in [0.29, 0.717) is 26.0 Å². The van der Waals surface area contributed by atoms with E-state index in [1.54, 1.807) is 0 Å². The van der Waals surface area contributed by atoms with Crippen LogP contribution in [-0.2, 0) is 14.4 Å². The Kier molecular flexibility index (Phi) is 2.18. The molecule has 0 radical (unpaired) electrons. The van der Waals surface area contributed by atoms with E-state index in [2.05, 4.69) is 5.32 Å². The van der Waals surface area contributed by atoms with Gasteiger partial charge >= 0.3 is 0 Å². The van der Waals surface area contributed by atoms with Gasteiger partial charge in [0.1, 0.15) is 6.04 Å². The van der Waals surface area contributed by atoms with Gasteiger partial charge in [-0.3, -0.25) is 14.4 Å². The minimum absolute atomic E-state index is 0.0439. The number of carbonyl (C=O) groups is 2. The number of nitrogens with zero attached hydrogens (tertiary/aromatic N) is 1. The molecule has 2 rings (SSSR count). The van der Waals surface area contributed by atoms with Crippen molar-refractivity contribution >= 4 is 11.8 Å². The van der Waals surface area contributed by atoms with E-state index in [-0.39, 0.29) is 17.9 Å². The van der Waals surface area contributed by atoms with Crippen molar-refractivity contribution in [2.45, 2.75) is 25.3 Å². The van der Waals surface area contributed by atoms with Gasteiger partial charge in [-0.15, -0.1) is 0 Å². The molecular weight excluding hydrogens is 172 g/mol. The van der Waals surface area contributed by atoms with Gasteiger partial charge in [-0.2, -0.15) is 0 Å². The molecule has 1 N–H and O–H groups in total. The smallest absolute Gasteiger partial charge is 0.268 e. The molecular formula is C8H12N2O3. The van der Waals surface area contributed by atoms with Crippen LogP contribution in [0.2, 0.25) is 0 Å². The van der Waals surface area contributed by atoms with Crippen LogP contribution in [0.25, 0.3) is 0 Å². The highest BCUT2D eigenvalue weighted by Crippen LogP contribution is 2.13. The Morgan fingerprint density at radius 1 is 1.62 bits per heavy atom. The Labute approximate surface area is 76.0 Å².